The molecule has 2 heteroatoms. The molecule has 2 rings (SSSR count). The van der Waals surface area contributed by atoms with E-state index in [1.807, 2.05) is 50.4 Å². The third-order valence-corrected chi connectivity index (χ3v) is 2.99. The smallest absolute Gasteiger partial charge is 0.0712 e. The van der Waals surface area contributed by atoms with Gasteiger partial charge < -0.3 is 0 Å². The van der Waals surface area contributed by atoms with Gasteiger partial charge in [-0.1, -0.05) is 30.3 Å². The summed E-state index contributed by atoms with van der Waals surface area (Å²) in [4.78, 5) is 8.86. The van der Waals surface area contributed by atoms with Crippen molar-refractivity contribution in [3.8, 4) is 11.3 Å². The Morgan fingerprint density at radius 3 is 2.63 bits per heavy atom. The average Bonchev–Trinajstić information content (AvgIpc) is 2.45. The van der Waals surface area contributed by atoms with Gasteiger partial charge in [-0.15, -0.1) is 0 Å². The van der Waals surface area contributed by atoms with Gasteiger partial charge in [0.05, 0.1) is 11.4 Å². The number of aliphatic imine (C=N–C) groups is 1. The first-order valence-electron chi connectivity index (χ1n) is 6.40. The maximum atomic E-state index is 4.71. The topological polar surface area (TPSA) is 25.2 Å². The first-order chi connectivity index (χ1) is 9.22. The molecule has 1 aromatic heterocycles. The number of aromatic nitrogens is 1. The van der Waals surface area contributed by atoms with E-state index in [-0.39, 0.29) is 0 Å². The lowest BCUT2D eigenvalue weighted by molar-refractivity contribution is 1.25. The Kier molecular flexibility index (Phi) is 4.24. The summed E-state index contributed by atoms with van der Waals surface area (Å²) in [6, 6.07) is 14.4. The second-order valence-corrected chi connectivity index (χ2v) is 4.44. The van der Waals surface area contributed by atoms with Crippen molar-refractivity contribution in [3.05, 3.63) is 59.9 Å². The molecule has 0 N–H and O–H groups in total. The van der Waals surface area contributed by atoms with Gasteiger partial charge in [0.1, 0.15) is 0 Å². The van der Waals surface area contributed by atoms with Crippen LogP contribution < -0.4 is 0 Å². The third kappa shape index (κ3) is 3.16. The van der Waals surface area contributed by atoms with E-state index in [0.717, 1.165) is 17.0 Å². The Balaban J connectivity index is 2.43. The van der Waals surface area contributed by atoms with Gasteiger partial charge in [-0.3, -0.25) is 4.99 Å². The molecule has 0 radical (unpaired) electrons. The van der Waals surface area contributed by atoms with Crippen molar-refractivity contribution >= 4 is 11.8 Å². The molecule has 0 amide bonds. The van der Waals surface area contributed by atoms with Crippen LogP contribution in [0.25, 0.3) is 16.8 Å². The van der Waals surface area contributed by atoms with E-state index in [2.05, 4.69) is 24.0 Å². The van der Waals surface area contributed by atoms with Gasteiger partial charge in [0.2, 0.25) is 0 Å². The molecule has 1 aromatic carbocycles. The van der Waals surface area contributed by atoms with Gasteiger partial charge in [0, 0.05) is 18.0 Å². The minimum absolute atomic E-state index is 0.964. The van der Waals surface area contributed by atoms with Crippen molar-refractivity contribution in [1.29, 1.82) is 0 Å². The molecule has 2 nitrogen and oxygen atoms in total. The summed E-state index contributed by atoms with van der Waals surface area (Å²) in [6.45, 7) is 6.03. The summed E-state index contributed by atoms with van der Waals surface area (Å²) in [5, 5.41) is 0. The van der Waals surface area contributed by atoms with Crippen molar-refractivity contribution in [2.24, 2.45) is 4.99 Å². The summed E-state index contributed by atoms with van der Waals surface area (Å²) in [6.07, 6.45) is 3.61. The highest BCUT2D eigenvalue weighted by atomic mass is 14.7. The van der Waals surface area contributed by atoms with E-state index in [9.17, 15) is 0 Å². The number of pyridine rings is 1. The maximum absolute atomic E-state index is 4.71. The highest BCUT2D eigenvalue weighted by Crippen LogP contribution is 2.22. The van der Waals surface area contributed by atoms with Gasteiger partial charge in [0.25, 0.3) is 0 Å². The van der Waals surface area contributed by atoms with Crippen molar-refractivity contribution in [1.82, 2.24) is 4.98 Å². The van der Waals surface area contributed by atoms with Crippen LogP contribution in [0.1, 0.15) is 25.1 Å². The van der Waals surface area contributed by atoms with Crippen LogP contribution in [-0.2, 0) is 0 Å². The van der Waals surface area contributed by atoms with Crippen LogP contribution in [0.15, 0.2) is 53.7 Å². The van der Waals surface area contributed by atoms with Crippen LogP contribution in [0.3, 0.4) is 0 Å². The SMILES string of the molecule is C/C=N\C=C(/C)c1cccc(-c2ccccc2C)n1. The monoisotopic (exact) mass is 250 g/mol. The predicted octanol–water partition coefficient (Wildman–Crippen LogP) is 4.51. The van der Waals surface area contributed by atoms with Crippen molar-refractivity contribution in [2.45, 2.75) is 20.8 Å². The molecule has 0 atom stereocenters. The zero-order valence-electron chi connectivity index (χ0n) is 11.6. The average molecular weight is 250 g/mol. The largest absolute Gasteiger partial charge is 0.269 e. The van der Waals surface area contributed by atoms with E-state index in [0.29, 0.717) is 0 Å². The molecule has 96 valence electrons. The maximum Gasteiger partial charge on any atom is 0.0712 e. The summed E-state index contributed by atoms with van der Waals surface area (Å²) in [5.41, 5.74) is 5.44. The Labute approximate surface area is 114 Å². The number of benzene rings is 1. The number of hydrogen-bond acceptors (Lipinski definition) is 2. The molecule has 0 fully saturated rings. The molecule has 0 aliphatic heterocycles. The Hall–Kier alpha value is -2.22. The van der Waals surface area contributed by atoms with E-state index < -0.39 is 0 Å². The zero-order valence-corrected chi connectivity index (χ0v) is 11.6. The number of aryl methyl sites for hydroxylation is 1. The fraction of sp³-hybridized carbons (Fsp3) is 0.176. The van der Waals surface area contributed by atoms with Gasteiger partial charge in [-0.2, -0.15) is 0 Å². The van der Waals surface area contributed by atoms with Crippen LogP contribution in [-0.4, -0.2) is 11.2 Å². The van der Waals surface area contributed by atoms with Crippen LogP contribution in [0.2, 0.25) is 0 Å². The molecule has 0 saturated heterocycles. The third-order valence-electron chi connectivity index (χ3n) is 2.99. The van der Waals surface area contributed by atoms with Crippen molar-refractivity contribution in [3.63, 3.8) is 0 Å². The Morgan fingerprint density at radius 2 is 1.89 bits per heavy atom. The molecule has 0 unspecified atom stereocenters. The van der Waals surface area contributed by atoms with Gasteiger partial charge in [-0.05, 0) is 44.0 Å². The fourth-order valence-electron chi connectivity index (χ4n) is 1.92. The lowest BCUT2D eigenvalue weighted by Crippen LogP contribution is -1.91. The Morgan fingerprint density at radius 1 is 1.11 bits per heavy atom. The molecule has 2 aromatic rings. The molecule has 0 saturated carbocycles. The standard InChI is InChI=1S/C17H18N2/c1-4-18-12-14(3)16-10-7-11-17(19-16)15-9-6-5-8-13(15)2/h4-12H,1-3H3/b14-12+,18-4-. The molecule has 19 heavy (non-hydrogen) atoms. The second kappa shape index (κ2) is 6.10. The minimum Gasteiger partial charge on any atom is -0.269 e. The number of allylic oxidation sites excluding steroid dienone is 1. The number of nitrogens with zero attached hydrogens (tertiary/aromatic N) is 2. The highest BCUT2D eigenvalue weighted by Gasteiger charge is 2.04. The molecular formula is C17H18N2. The quantitative estimate of drug-likeness (QED) is 0.736. The minimum atomic E-state index is 0.964. The van der Waals surface area contributed by atoms with Crippen molar-refractivity contribution in [2.75, 3.05) is 0 Å². The predicted molar refractivity (Wildman–Crippen MR) is 82.2 cm³/mol. The highest BCUT2D eigenvalue weighted by molar-refractivity contribution is 5.68. The summed E-state index contributed by atoms with van der Waals surface area (Å²) in [7, 11) is 0. The van der Waals surface area contributed by atoms with Crippen LogP contribution >= 0.6 is 0 Å². The Bertz CT molecular complexity index is 625. The molecular weight excluding hydrogens is 232 g/mol. The normalized spacial score (nSPS) is 12.1. The summed E-state index contributed by atoms with van der Waals surface area (Å²) < 4.78 is 0. The van der Waals surface area contributed by atoms with Crippen LogP contribution in [0.5, 0.6) is 0 Å². The first-order valence-corrected chi connectivity index (χ1v) is 6.40. The van der Waals surface area contributed by atoms with Crippen LogP contribution in [0.4, 0.5) is 0 Å². The van der Waals surface area contributed by atoms with E-state index >= 15 is 0 Å². The molecule has 0 bridgehead atoms. The van der Waals surface area contributed by atoms with E-state index in [1.165, 1.54) is 11.1 Å². The molecule has 0 aliphatic carbocycles. The number of hydrogen-bond donors (Lipinski definition) is 0. The van der Waals surface area contributed by atoms with Crippen molar-refractivity contribution < 1.29 is 0 Å². The second-order valence-electron chi connectivity index (χ2n) is 4.44. The van der Waals surface area contributed by atoms with E-state index in [1.54, 1.807) is 6.21 Å². The molecule has 0 spiro atoms. The number of rotatable bonds is 3. The van der Waals surface area contributed by atoms with Crippen LogP contribution in [0, 0.1) is 6.92 Å². The fourth-order valence-corrected chi connectivity index (χ4v) is 1.92. The summed E-state index contributed by atoms with van der Waals surface area (Å²) in [5.74, 6) is 0. The summed E-state index contributed by atoms with van der Waals surface area (Å²) >= 11 is 0. The zero-order chi connectivity index (χ0) is 13.7. The lowest BCUT2D eigenvalue weighted by Gasteiger charge is -2.07. The lowest BCUT2D eigenvalue weighted by atomic mass is 10.0. The van der Waals surface area contributed by atoms with E-state index in [4.69, 9.17) is 4.98 Å². The molecule has 1 heterocycles. The van der Waals surface area contributed by atoms with Gasteiger partial charge in [0.15, 0.2) is 0 Å². The molecule has 0 aliphatic rings. The van der Waals surface area contributed by atoms with Gasteiger partial charge >= 0.3 is 0 Å². The first kappa shape index (κ1) is 13.2. The van der Waals surface area contributed by atoms with Gasteiger partial charge in [-0.25, -0.2) is 4.98 Å².